The molecule has 0 aliphatic rings. The maximum atomic E-state index is 12.2. The third-order valence-electron chi connectivity index (χ3n) is 3.04. The lowest BCUT2D eigenvalue weighted by Gasteiger charge is -1.97. The van der Waals surface area contributed by atoms with E-state index in [0.29, 0.717) is 15.4 Å². The number of carbonyl (C=O) groups is 1. The maximum absolute atomic E-state index is 12.2. The van der Waals surface area contributed by atoms with Crippen molar-refractivity contribution in [2.24, 2.45) is 12.0 Å². The van der Waals surface area contributed by atoms with E-state index in [2.05, 4.69) is 20.9 Å². The Morgan fingerprint density at radius 2 is 2.10 bits per heavy atom. The Morgan fingerprint density at radius 1 is 1.29 bits per heavy atom. The largest absolute Gasteiger partial charge is 0.319 e. The summed E-state index contributed by atoms with van der Waals surface area (Å²) in [5, 5.41) is 0.675. The number of rotatable bonds is 1. The minimum atomic E-state index is -0.260. The van der Waals surface area contributed by atoms with E-state index in [1.165, 1.54) is 11.3 Å². The highest BCUT2D eigenvalue weighted by Gasteiger charge is 2.07. The average Bonchev–Trinajstić information content (AvgIpc) is 2.74. The van der Waals surface area contributed by atoms with Crippen molar-refractivity contribution in [3.63, 3.8) is 0 Å². The standard InChI is InChI=1S/C15H10BrClN2OS/c1-19-12-6-5-11(17)8-13(12)21-15(19)18-14(20)9-3-2-4-10(16)7-9/h2-8H,1H3. The molecule has 1 aromatic heterocycles. The predicted octanol–water partition coefficient (Wildman–Crippen LogP) is 4.40. The van der Waals surface area contributed by atoms with Gasteiger partial charge < -0.3 is 4.57 Å². The SMILES string of the molecule is Cn1c(=NC(=O)c2cccc(Br)c2)sc2cc(Cl)ccc21. The Balaban J connectivity index is 2.11. The lowest BCUT2D eigenvalue weighted by molar-refractivity contribution is 0.0998. The predicted molar refractivity (Wildman–Crippen MR) is 89.8 cm³/mol. The molecule has 3 rings (SSSR count). The fraction of sp³-hybridized carbons (Fsp3) is 0.0667. The van der Waals surface area contributed by atoms with Crippen LogP contribution in [0.2, 0.25) is 5.02 Å². The van der Waals surface area contributed by atoms with Gasteiger partial charge in [0.15, 0.2) is 4.80 Å². The van der Waals surface area contributed by atoms with Gasteiger partial charge in [-0.2, -0.15) is 4.99 Å². The zero-order valence-corrected chi connectivity index (χ0v) is 14.2. The first kappa shape index (κ1) is 14.5. The van der Waals surface area contributed by atoms with Crippen molar-refractivity contribution in [2.45, 2.75) is 0 Å². The van der Waals surface area contributed by atoms with Crippen LogP contribution >= 0.6 is 38.9 Å². The van der Waals surface area contributed by atoms with Crippen LogP contribution in [0.3, 0.4) is 0 Å². The number of nitrogens with zero attached hydrogens (tertiary/aromatic N) is 2. The fourth-order valence-electron chi connectivity index (χ4n) is 1.99. The minimum absolute atomic E-state index is 0.260. The van der Waals surface area contributed by atoms with E-state index in [9.17, 15) is 4.79 Å². The Kier molecular flexibility index (Phi) is 3.97. The van der Waals surface area contributed by atoms with E-state index in [-0.39, 0.29) is 5.91 Å². The summed E-state index contributed by atoms with van der Waals surface area (Å²) < 4.78 is 3.76. The number of fused-ring (bicyclic) bond motifs is 1. The third-order valence-corrected chi connectivity index (χ3v) is 4.86. The minimum Gasteiger partial charge on any atom is -0.319 e. The summed E-state index contributed by atoms with van der Waals surface area (Å²) in [6.07, 6.45) is 0. The summed E-state index contributed by atoms with van der Waals surface area (Å²) in [5.74, 6) is -0.260. The first-order chi connectivity index (χ1) is 10.0. The van der Waals surface area contributed by atoms with E-state index in [1.807, 2.05) is 41.9 Å². The van der Waals surface area contributed by atoms with Crippen LogP contribution in [0, 0.1) is 0 Å². The van der Waals surface area contributed by atoms with Crippen LogP contribution in [-0.4, -0.2) is 10.5 Å². The van der Waals surface area contributed by atoms with Gasteiger partial charge in [-0.1, -0.05) is 44.9 Å². The Hall–Kier alpha value is -1.43. The van der Waals surface area contributed by atoms with Gasteiger partial charge in [0.05, 0.1) is 10.2 Å². The molecule has 1 heterocycles. The van der Waals surface area contributed by atoms with Gasteiger partial charge in [-0.3, -0.25) is 4.79 Å². The first-order valence-electron chi connectivity index (χ1n) is 6.14. The number of halogens is 2. The van der Waals surface area contributed by atoms with E-state index in [4.69, 9.17) is 11.6 Å². The molecule has 0 saturated heterocycles. The van der Waals surface area contributed by atoms with Crippen LogP contribution in [0.25, 0.3) is 10.2 Å². The second-order valence-corrected chi connectivity index (χ2v) is 6.84. The molecule has 21 heavy (non-hydrogen) atoms. The summed E-state index contributed by atoms with van der Waals surface area (Å²) in [7, 11) is 1.89. The monoisotopic (exact) mass is 380 g/mol. The molecule has 6 heteroatoms. The van der Waals surface area contributed by atoms with E-state index in [1.54, 1.807) is 12.1 Å². The zero-order chi connectivity index (χ0) is 15.0. The van der Waals surface area contributed by atoms with Gasteiger partial charge >= 0.3 is 0 Å². The molecule has 3 aromatic rings. The van der Waals surface area contributed by atoms with E-state index >= 15 is 0 Å². The van der Waals surface area contributed by atoms with E-state index < -0.39 is 0 Å². The molecule has 0 fully saturated rings. The van der Waals surface area contributed by atoms with Crippen LogP contribution in [0.4, 0.5) is 0 Å². The Morgan fingerprint density at radius 3 is 2.86 bits per heavy atom. The highest BCUT2D eigenvalue weighted by Crippen LogP contribution is 2.21. The molecular weight excluding hydrogens is 372 g/mol. The highest BCUT2D eigenvalue weighted by atomic mass is 79.9. The summed E-state index contributed by atoms with van der Waals surface area (Å²) in [5.41, 5.74) is 1.56. The molecule has 0 atom stereocenters. The third kappa shape index (κ3) is 2.95. The van der Waals surface area contributed by atoms with Gasteiger partial charge in [0, 0.05) is 22.1 Å². The number of hydrogen-bond acceptors (Lipinski definition) is 2. The maximum Gasteiger partial charge on any atom is 0.279 e. The van der Waals surface area contributed by atoms with Crippen molar-refractivity contribution in [2.75, 3.05) is 0 Å². The molecule has 106 valence electrons. The molecule has 0 radical (unpaired) electrons. The molecule has 0 unspecified atom stereocenters. The lowest BCUT2D eigenvalue weighted by atomic mass is 10.2. The van der Waals surface area contributed by atoms with Crippen LogP contribution in [0.5, 0.6) is 0 Å². The summed E-state index contributed by atoms with van der Waals surface area (Å²) >= 11 is 10.8. The van der Waals surface area contributed by atoms with Gasteiger partial charge in [-0.15, -0.1) is 0 Å². The number of amides is 1. The molecule has 2 aromatic carbocycles. The molecule has 3 nitrogen and oxygen atoms in total. The average molecular weight is 382 g/mol. The number of benzene rings is 2. The number of carbonyl (C=O) groups excluding carboxylic acids is 1. The van der Waals surface area contributed by atoms with Crippen LogP contribution in [0.1, 0.15) is 10.4 Å². The van der Waals surface area contributed by atoms with Crippen molar-refractivity contribution in [1.29, 1.82) is 0 Å². The molecule has 1 amide bonds. The molecule has 0 saturated carbocycles. The van der Waals surface area contributed by atoms with Gasteiger partial charge in [-0.05, 0) is 36.4 Å². The second-order valence-electron chi connectivity index (χ2n) is 4.48. The van der Waals surface area contributed by atoms with Crippen LogP contribution in [-0.2, 0) is 7.05 Å². The van der Waals surface area contributed by atoms with Crippen LogP contribution < -0.4 is 4.80 Å². The highest BCUT2D eigenvalue weighted by molar-refractivity contribution is 9.10. The van der Waals surface area contributed by atoms with Gasteiger partial charge in [0.25, 0.3) is 5.91 Å². The molecule has 0 bridgehead atoms. The van der Waals surface area contributed by atoms with Gasteiger partial charge in [-0.25, -0.2) is 0 Å². The zero-order valence-electron chi connectivity index (χ0n) is 11.0. The second kappa shape index (κ2) is 5.75. The summed E-state index contributed by atoms with van der Waals surface area (Å²) in [4.78, 5) is 17.1. The van der Waals surface area contributed by atoms with Crippen molar-refractivity contribution < 1.29 is 4.79 Å². The molecule has 0 aliphatic carbocycles. The number of thiazole rings is 1. The van der Waals surface area contributed by atoms with Crippen molar-refractivity contribution in [3.8, 4) is 0 Å². The van der Waals surface area contributed by atoms with E-state index in [0.717, 1.165) is 14.7 Å². The Labute approximate surface area is 138 Å². The van der Waals surface area contributed by atoms with Gasteiger partial charge in [0.1, 0.15) is 0 Å². The molecular formula is C15H10BrClN2OS. The number of aromatic nitrogens is 1. The van der Waals surface area contributed by atoms with Crippen molar-refractivity contribution in [3.05, 3.63) is 62.3 Å². The molecule has 0 N–H and O–H groups in total. The normalized spacial score (nSPS) is 12.0. The van der Waals surface area contributed by atoms with Crippen molar-refractivity contribution >= 4 is 55.0 Å². The van der Waals surface area contributed by atoms with Crippen molar-refractivity contribution in [1.82, 2.24) is 4.57 Å². The number of aryl methyl sites for hydroxylation is 1. The topological polar surface area (TPSA) is 34.4 Å². The van der Waals surface area contributed by atoms with Crippen LogP contribution in [0.15, 0.2) is 51.9 Å². The summed E-state index contributed by atoms with van der Waals surface area (Å²) in [6, 6.07) is 12.8. The number of hydrogen-bond donors (Lipinski definition) is 0. The quantitative estimate of drug-likeness (QED) is 0.615. The fourth-order valence-corrected chi connectivity index (χ4v) is 3.68. The lowest BCUT2D eigenvalue weighted by Crippen LogP contribution is -2.13. The molecule has 0 aliphatic heterocycles. The summed E-state index contributed by atoms with van der Waals surface area (Å²) in [6.45, 7) is 0. The Bertz CT molecular complexity index is 913. The first-order valence-corrected chi connectivity index (χ1v) is 8.13. The molecule has 0 spiro atoms. The van der Waals surface area contributed by atoms with Gasteiger partial charge in [0.2, 0.25) is 0 Å². The smallest absolute Gasteiger partial charge is 0.279 e.